The maximum absolute atomic E-state index is 5.58. The molecule has 2 aliphatic carbocycles. The quantitative estimate of drug-likeness (QED) is 0.787. The van der Waals surface area contributed by atoms with E-state index in [0.29, 0.717) is 11.1 Å². The van der Waals surface area contributed by atoms with Crippen molar-refractivity contribution in [2.45, 2.75) is 82.2 Å². The molecule has 0 unspecified atom stereocenters. The van der Waals surface area contributed by atoms with E-state index in [2.05, 4.69) is 17.1 Å². The zero-order chi connectivity index (χ0) is 14.6. The number of rotatable bonds is 5. The van der Waals surface area contributed by atoms with Crippen LogP contribution in [0.15, 0.2) is 0 Å². The molecule has 3 aliphatic rings. The van der Waals surface area contributed by atoms with Crippen molar-refractivity contribution in [3.8, 4) is 0 Å². The Labute approximate surface area is 130 Å². The topological polar surface area (TPSA) is 24.5 Å². The fraction of sp³-hybridized carbons (Fsp3) is 1.00. The van der Waals surface area contributed by atoms with Crippen molar-refractivity contribution >= 4 is 0 Å². The van der Waals surface area contributed by atoms with Gasteiger partial charge in [-0.2, -0.15) is 0 Å². The van der Waals surface area contributed by atoms with E-state index in [9.17, 15) is 0 Å². The van der Waals surface area contributed by atoms with Gasteiger partial charge < -0.3 is 10.1 Å². The van der Waals surface area contributed by atoms with Crippen molar-refractivity contribution in [3.05, 3.63) is 0 Å². The Morgan fingerprint density at radius 2 is 1.71 bits per heavy atom. The van der Waals surface area contributed by atoms with Gasteiger partial charge in [-0.05, 0) is 39.0 Å². The average molecular weight is 294 g/mol. The van der Waals surface area contributed by atoms with Crippen LogP contribution in [-0.4, -0.2) is 48.8 Å². The van der Waals surface area contributed by atoms with E-state index >= 15 is 0 Å². The molecule has 1 saturated heterocycles. The number of hydrogen-bond acceptors (Lipinski definition) is 3. The largest absolute Gasteiger partial charge is 0.382 e. The van der Waals surface area contributed by atoms with Crippen LogP contribution in [0, 0.1) is 0 Å². The molecule has 21 heavy (non-hydrogen) atoms. The second kappa shape index (κ2) is 6.97. The van der Waals surface area contributed by atoms with Crippen LogP contribution in [0.5, 0.6) is 0 Å². The first-order valence-corrected chi connectivity index (χ1v) is 9.37. The second-order valence-electron chi connectivity index (χ2n) is 7.60. The Hall–Kier alpha value is -0.120. The molecule has 0 atom stereocenters. The molecule has 2 spiro atoms. The van der Waals surface area contributed by atoms with Gasteiger partial charge in [0, 0.05) is 43.9 Å². The van der Waals surface area contributed by atoms with Gasteiger partial charge >= 0.3 is 0 Å². The molecule has 0 aromatic rings. The molecule has 1 aliphatic heterocycles. The van der Waals surface area contributed by atoms with Crippen LogP contribution in [0.1, 0.15) is 71.1 Å². The number of piperazine rings is 1. The lowest BCUT2D eigenvalue weighted by atomic mass is 9.76. The normalized spacial score (nSPS) is 28.4. The van der Waals surface area contributed by atoms with Gasteiger partial charge in [-0.15, -0.1) is 0 Å². The molecule has 1 N–H and O–H groups in total. The van der Waals surface area contributed by atoms with Gasteiger partial charge in [-0.25, -0.2) is 0 Å². The van der Waals surface area contributed by atoms with Crippen LogP contribution < -0.4 is 5.32 Å². The third kappa shape index (κ3) is 3.46. The summed E-state index contributed by atoms with van der Waals surface area (Å²) in [5.41, 5.74) is 0.923. The smallest absolute Gasteiger partial charge is 0.0478 e. The molecule has 0 amide bonds. The monoisotopic (exact) mass is 294 g/mol. The van der Waals surface area contributed by atoms with Crippen molar-refractivity contribution in [1.29, 1.82) is 0 Å². The zero-order valence-corrected chi connectivity index (χ0v) is 14.0. The van der Waals surface area contributed by atoms with Crippen LogP contribution >= 0.6 is 0 Å². The van der Waals surface area contributed by atoms with Gasteiger partial charge in [0.05, 0.1) is 0 Å². The van der Waals surface area contributed by atoms with Crippen LogP contribution in [0.2, 0.25) is 0 Å². The summed E-state index contributed by atoms with van der Waals surface area (Å²) in [5, 5.41) is 4.01. The molecular formula is C18H34N2O. The van der Waals surface area contributed by atoms with Crippen LogP contribution in [0.4, 0.5) is 0 Å². The lowest BCUT2D eigenvalue weighted by Crippen LogP contribution is -2.69. The van der Waals surface area contributed by atoms with Crippen LogP contribution in [-0.2, 0) is 4.74 Å². The van der Waals surface area contributed by atoms with E-state index < -0.39 is 0 Å². The molecule has 0 radical (unpaired) electrons. The van der Waals surface area contributed by atoms with Gasteiger partial charge in [0.2, 0.25) is 0 Å². The third-order valence-electron chi connectivity index (χ3n) is 6.22. The standard InChI is InChI=1S/C18H34N2O/c1-2-21-14-8-13-20-16-17(9-6-7-10-17)19-15-18(20)11-4-3-5-12-18/h19H,2-16H2,1H3. The van der Waals surface area contributed by atoms with Gasteiger partial charge in [0.25, 0.3) is 0 Å². The Morgan fingerprint density at radius 1 is 1.00 bits per heavy atom. The Bertz CT molecular complexity index is 319. The summed E-state index contributed by atoms with van der Waals surface area (Å²) in [6, 6.07) is 0. The molecule has 3 heteroatoms. The highest BCUT2D eigenvalue weighted by Crippen LogP contribution is 2.41. The highest BCUT2D eigenvalue weighted by molar-refractivity contribution is 5.07. The van der Waals surface area contributed by atoms with Crippen LogP contribution in [0.3, 0.4) is 0 Å². The lowest BCUT2D eigenvalue weighted by molar-refractivity contribution is -0.0225. The predicted molar refractivity (Wildman–Crippen MR) is 87.7 cm³/mol. The molecule has 122 valence electrons. The van der Waals surface area contributed by atoms with E-state index in [1.807, 2.05) is 0 Å². The molecule has 0 bridgehead atoms. The molecule has 0 aromatic heterocycles. The first kappa shape index (κ1) is 15.8. The predicted octanol–water partition coefficient (Wildman–Crippen LogP) is 3.33. The number of nitrogens with one attached hydrogen (secondary N) is 1. The summed E-state index contributed by atoms with van der Waals surface area (Å²) in [5.74, 6) is 0. The van der Waals surface area contributed by atoms with Crippen molar-refractivity contribution < 1.29 is 4.74 Å². The van der Waals surface area contributed by atoms with Crippen molar-refractivity contribution in [2.75, 3.05) is 32.8 Å². The van der Waals surface area contributed by atoms with Gasteiger partial charge in [0.15, 0.2) is 0 Å². The maximum atomic E-state index is 5.58. The Kier molecular flexibility index (Phi) is 5.23. The first-order valence-electron chi connectivity index (χ1n) is 9.37. The Morgan fingerprint density at radius 3 is 2.43 bits per heavy atom. The molecule has 3 rings (SSSR count). The third-order valence-corrected chi connectivity index (χ3v) is 6.22. The first-order chi connectivity index (χ1) is 10.3. The number of hydrogen-bond donors (Lipinski definition) is 1. The average Bonchev–Trinajstić information content (AvgIpc) is 2.97. The minimum absolute atomic E-state index is 0.453. The summed E-state index contributed by atoms with van der Waals surface area (Å²) in [6.07, 6.45) is 13.9. The molecule has 2 saturated carbocycles. The van der Waals surface area contributed by atoms with Gasteiger partial charge in [-0.3, -0.25) is 4.90 Å². The SMILES string of the molecule is CCOCCCN1CC2(CCCC2)NCC12CCCCC2. The van der Waals surface area contributed by atoms with Crippen molar-refractivity contribution in [3.63, 3.8) is 0 Å². The molecule has 3 nitrogen and oxygen atoms in total. The van der Waals surface area contributed by atoms with Crippen LogP contribution in [0.25, 0.3) is 0 Å². The highest BCUT2D eigenvalue weighted by Gasteiger charge is 2.48. The van der Waals surface area contributed by atoms with E-state index in [-0.39, 0.29) is 0 Å². The van der Waals surface area contributed by atoms with E-state index in [1.165, 1.54) is 83.8 Å². The fourth-order valence-electron chi connectivity index (χ4n) is 4.96. The summed E-state index contributed by atoms with van der Waals surface area (Å²) in [7, 11) is 0. The summed E-state index contributed by atoms with van der Waals surface area (Å²) in [6.45, 7) is 7.66. The summed E-state index contributed by atoms with van der Waals surface area (Å²) < 4.78 is 5.58. The number of nitrogens with zero attached hydrogens (tertiary/aromatic N) is 1. The molecular weight excluding hydrogens is 260 g/mol. The van der Waals surface area contributed by atoms with E-state index in [4.69, 9.17) is 4.74 Å². The zero-order valence-electron chi connectivity index (χ0n) is 14.0. The Balaban J connectivity index is 1.64. The summed E-state index contributed by atoms with van der Waals surface area (Å²) in [4.78, 5) is 2.88. The minimum Gasteiger partial charge on any atom is -0.382 e. The maximum Gasteiger partial charge on any atom is 0.0478 e. The number of ether oxygens (including phenoxy) is 1. The molecule has 3 fully saturated rings. The van der Waals surface area contributed by atoms with E-state index in [1.54, 1.807) is 0 Å². The fourth-order valence-corrected chi connectivity index (χ4v) is 4.96. The second-order valence-corrected chi connectivity index (χ2v) is 7.60. The summed E-state index contributed by atoms with van der Waals surface area (Å²) >= 11 is 0. The van der Waals surface area contributed by atoms with Gasteiger partial charge in [0.1, 0.15) is 0 Å². The van der Waals surface area contributed by atoms with E-state index in [0.717, 1.165) is 13.2 Å². The van der Waals surface area contributed by atoms with Crippen molar-refractivity contribution in [2.24, 2.45) is 0 Å². The molecule has 1 heterocycles. The highest BCUT2D eigenvalue weighted by atomic mass is 16.5. The van der Waals surface area contributed by atoms with Crippen molar-refractivity contribution in [1.82, 2.24) is 10.2 Å². The lowest BCUT2D eigenvalue weighted by Gasteiger charge is -2.55. The van der Waals surface area contributed by atoms with Gasteiger partial charge in [-0.1, -0.05) is 32.1 Å². The minimum atomic E-state index is 0.453. The molecule has 0 aromatic carbocycles.